The van der Waals surface area contributed by atoms with Crippen LogP contribution in [0.2, 0.25) is 0 Å². The van der Waals surface area contributed by atoms with E-state index in [1.165, 1.54) is 21.8 Å². The number of aromatic nitrogens is 2. The Kier molecular flexibility index (Phi) is 4.44. The van der Waals surface area contributed by atoms with Crippen molar-refractivity contribution in [3.05, 3.63) is 44.6 Å². The molecule has 7 nitrogen and oxygen atoms in total. The van der Waals surface area contributed by atoms with Crippen LogP contribution < -0.4 is 16.2 Å². The van der Waals surface area contributed by atoms with Crippen molar-refractivity contribution < 1.29 is 9.53 Å². The molecule has 2 aromatic heterocycles. The molecule has 0 aliphatic carbocycles. The number of carbonyl (C=O) groups excluding carboxylic acids is 1. The van der Waals surface area contributed by atoms with Crippen molar-refractivity contribution in [1.29, 1.82) is 0 Å². The second-order valence-electron chi connectivity index (χ2n) is 5.42. The number of thiophene rings is 1. The van der Waals surface area contributed by atoms with Crippen LogP contribution in [0, 0.1) is 0 Å². The molecule has 2 amide bonds. The van der Waals surface area contributed by atoms with Crippen molar-refractivity contribution in [1.82, 2.24) is 14.9 Å². The average molecular weight is 334 g/mol. The third-order valence-electron chi connectivity index (χ3n) is 3.77. The third-order valence-corrected chi connectivity index (χ3v) is 4.77. The summed E-state index contributed by atoms with van der Waals surface area (Å²) in [6.07, 6.45) is 3.72. The predicted octanol–water partition coefficient (Wildman–Crippen LogP) is 1.67. The van der Waals surface area contributed by atoms with Crippen molar-refractivity contribution >= 4 is 23.2 Å². The van der Waals surface area contributed by atoms with Crippen LogP contribution in [0.5, 0.6) is 0 Å². The first-order valence-electron chi connectivity index (χ1n) is 7.33. The van der Waals surface area contributed by atoms with Gasteiger partial charge in [0, 0.05) is 30.7 Å². The second-order valence-corrected chi connectivity index (χ2v) is 6.42. The minimum Gasteiger partial charge on any atom is -0.371 e. The van der Waals surface area contributed by atoms with Crippen LogP contribution in [0.1, 0.15) is 23.5 Å². The molecule has 0 radical (unpaired) electrons. The summed E-state index contributed by atoms with van der Waals surface area (Å²) in [7, 11) is 1.60. The highest BCUT2D eigenvalue weighted by Gasteiger charge is 2.28. The zero-order valence-corrected chi connectivity index (χ0v) is 13.7. The van der Waals surface area contributed by atoms with Crippen molar-refractivity contribution in [2.45, 2.75) is 25.5 Å². The molecule has 2 N–H and O–H groups in total. The van der Waals surface area contributed by atoms with Crippen LogP contribution in [0.15, 0.2) is 28.6 Å². The van der Waals surface area contributed by atoms with Gasteiger partial charge in [-0.25, -0.2) is 9.78 Å². The molecule has 2 unspecified atom stereocenters. The number of nitrogens with one attached hydrogen (secondary N) is 2. The maximum absolute atomic E-state index is 12.1. The lowest BCUT2D eigenvalue weighted by Crippen LogP contribution is -2.42. The molecule has 8 heteroatoms. The van der Waals surface area contributed by atoms with Crippen LogP contribution in [0.25, 0.3) is 0 Å². The lowest BCUT2D eigenvalue weighted by Gasteiger charge is -2.29. The zero-order valence-electron chi connectivity index (χ0n) is 12.9. The molecule has 0 bridgehead atoms. The fourth-order valence-electron chi connectivity index (χ4n) is 2.60. The first-order chi connectivity index (χ1) is 11.1. The number of carbonyl (C=O) groups is 1. The largest absolute Gasteiger partial charge is 0.371 e. The van der Waals surface area contributed by atoms with E-state index < -0.39 is 6.03 Å². The van der Waals surface area contributed by atoms with E-state index in [0.29, 0.717) is 6.61 Å². The lowest BCUT2D eigenvalue weighted by molar-refractivity contribution is 0.0238. The summed E-state index contributed by atoms with van der Waals surface area (Å²) >= 11 is 1.71. The molecule has 0 saturated heterocycles. The van der Waals surface area contributed by atoms with Crippen molar-refractivity contribution in [2.75, 3.05) is 11.9 Å². The fraction of sp³-hybridized carbons (Fsp3) is 0.400. The van der Waals surface area contributed by atoms with E-state index in [0.717, 1.165) is 12.0 Å². The van der Waals surface area contributed by atoms with Gasteiger partial charge >= 0.3 is 6.03 Å². The van der Waals surface area contributed by atoms with Crippen LogP contribution in [0.4, 0.5) is 10.6 Å². The van der Waals surface area contributed by atoms with Gasteiger partial charge in [-0.3, -0.25) is 10.1 Å². The van der Waals surface area contributed by atoms with Crippen molar-refractivity contribution in [3.8, 4) is 0 Å². The van der Waals surface area contributed by atoms with Crippen LogP contribution in [-0.2, 0) is 18.2 Å². The molecule has 2 aromatic rings. The highest BCUT2D eigenvalue weighted by Crippen LogP contribution is 2.33. The molecule has 1 aliphatic heterocycles. The SMILES string of the molecule is CC(NC(=O)Nc1nccn(C)c1=O)C1OCCc2sccc21. The van der Waals surface area contributed by atoms with E-state index in [-0.39, 0.29) is 23.5 Å². The van der Waals surface area contributed by atoms with E-state index >= 15 is 0 Å². The highest BCUT2D eigenvalue weighted by atomic mass is 32.1. The molecular weight excluding hydrogens is 316 g/mol. The number of urea groups is 1. The van der Waals surface area contributed by atoms with E-state index in [9.17, 15) is 9.59 Å². The first-order valence-corrected chi connectivity index (χ1v) is 8.21. The Morgan fingerprint density at radius 2 is 2.39 bits per heavy atom. The Hall–Kier alpha value is -2.19. The summed E-state index contributed by atoms with van der Waals surface area (Å²) in [5.74, 6) is 0.000449. The first kappa shape index (κ1) is 15.7. The monoisotopic (exact) mass is 334 g/mol. The standard InChI is InChI=1S/C15H18N4O3S/c1-9(12-10-4-8-23-11(10)3-7-22-12)17-15(21)18-13-14(20)19(2)6-5-16-13/h4-6,8-9,12H,3,7H2,1-2H3,(H2,16,17,18,21). The summed E-state index contributed by atoms with van der Waals surface area (Å²) in [5, 5.41) is 7.35. The van der Waals surface area contributed by atoms with Gasteiger partial charge < -0.3 is 14.6 Å². The Balaban J connectivity index is 1.67. The lowest BCUT2D eigenvalue weighted by atomic mass is 10.0. The quantitative estimate of drug-likeness (QED) is 0.894. The van der Waals surface area contributed by atoms with Crippen molar-refractivity contribution in [3.63, 3.8) is 0 Å². The molecule has 1 aliphatic rings. The molecule has 0 spiro atoms. The summed E-state index contributed by atoms with van der Waals surface area (Å²) in [5.41, 5.74) is 0.771. The minimum atomic E-state index is -0.473. The van der Waals surface area contributed by atoms with E-state index in [2.05, 4.69) is 15.6 Å². The highest BCUT2D eigenvalue weighted by molar-refractivity contribution is 7.10. The Morgan fingerprint density at radius 3 is 3.22 bits per heavy atom. The zero-order chi connectivity index (χ0) is 16.4. The molecular formula is C15H18N4O3S. The summed E-state index contributed by atoms with van der Waals surface area (Å²) in [6.45, 7) is 2.53. The van der Waals surface area contributed by atoms with Gasteiger partial charge in [0.15, 0.2) is 0 Å². The fourth-order valence-corrected chi connectivity index (χ4v) is 3.50. The topological polar surface area (TPSA) is 85.3 Å². The van der Waals surface area contributed by atoms with Gasteiger partial charge in [-0.05, 0) is 23.9 Å². The summed E-state index contributed by atoms with van der Waals surface area (Å²) < 4.78 is 7.16. The summed E-state index contributed by atoms with van der Waals surface area (Å²) in [6, 6.07) is 1.34. The maximum Gasteiger partial charge on any atom is 0.320 e. The molecule has 0 aromatic carbocycles. The van der Waals surface area contributed by atoms with Crippen LogP contribution in [0.3, 0.4) is 0 Å². The van der Waals surface area contributed by atoms with Crippen LogP contribution in [-0.4, -0.2) is 28.2 Å². The molecule has 0 saturated carbocycles. The van der Waals surface area contributed by atoms with Crippen molar-refractivity contribution in [2.24, 2.45) is 7.05 Å². The van der Waals surface area contributed by atoms with Crippen LogP contribution >= 0.6 is 11.3 Å². The molecule has 2 atom stereocenters. The third kappa shape index (κ3) is 3.27. The Bertz CT molecular complexity index is 770. The number of ether oxygens (including phenoxy) is 1. The normalized spacial score (nSPS) is 18.1. The number of anilines is 1. The molecule has 23 heavy (non-hydrogen) atoms. The Morgan fingerprint density at radius 1 is 1.57 bits per heavy atom. The second kappa shape index (κ2) is 6.51. The maximum atomic E-state index is 12.1. The summed E-state index contributed by atoms with van der Waals surface area (Å²) in [4.78, 5) is 29.2. The van der Waals surface area contributed by atoms with E-state index in [1.54, 1.807) is 18.4 Å². The number of nitrogens with zero attached hydrogens (tertiary/aromatic N) is 2. The number of hydrogen-bond donors (Lipinski definition) is 2. The number of aryl methyl sites for hydroxylation is 1. The Labute approximate surface area is 137 Å². The van der Waals surface area contributed by atoms with Gasteiger partial charge in [-0.1, -0.05) is 0 Å². The molecule has 3 rings (SSSR count). The predicted molar refractivity (Wildman–Crippen MR) is 87.8 cm³/mol. The van der Waals surface area contributed by atoms with E-state index in [4.69, 9.17) is 4.74 Å². The molecule has 3 heterocycles. The minimum absolute atomic E-state index is 0.000449. The number of fused-ring (bicyclic) bond motifs is 1. The average Bonchev–Trinajstić information content (AvgIpc) is 3.00. The number of rotatable bonds is 3. The molecule has 0 fully saturated rings. The number of hydrogen-bond acceptors (Lipinski definition) is 5. The van der Waals surface area contributed by atoms with Gasteiger partial charge in [0.1, 0.15) is 6.10 Å². The van der Waals surface area contributed by atoms with E-state index in [1.807, 2.05) is 18.4 Å². The van der Waals surface area contributed by atoms with Gasteiger partial charge in [0.05, 0.1) is 12.6 Å². The van der Waals surface area contributed by atoms with Gasteiger partial charge in [-0.2, -0.15) is 0 Å². The van der Waals surface area contributed by atoms with Gasteiger partial charge in [0.25, 0.3) is 5.56 Å². The smallest absolute Gasteiger partial charge is 0.320 e. The van der Waals surface area contributed by atoms with Gasteiger partial charge in [0.2, 0.25) is 5.82 Å². The molecule has 122 valence electrons. The van der Waals surface area contributed by atoms with Gasteiger partial charge in [-0.15, -0.1) is 11.3 Å². The number of amides is 2.